The highest BCUT2D eigenvalue weighted by Gasteiger charge is 2.30. The highest BCUT2D eigenvalue weighted by atomic mass is 32.2. The van der Waals surface area contributed by atoms with Gasteiger partial charge in [0.2, 0.25) is 15.9 Å². The molecule has 142 valence electrons. The second-order valence-corrected chi connectivity index (χ2v) is 8.22. The minimum Gasteiger partial charge on any atom is -0.473 e. The minimum absolute atomic E-state index is 0.0405. The summed E-state index contributed by atoms with van der Waals surface area (Å²) in [4.78, 5) is 8.40. The molecule has 0 aliphatic heterocycles. The molecular weight excluding hydrogens is 354 g/mol. The quantitative estimate of drug-likeness (QED) is 0.824. The molecule has 0 aromatic carbocycles. The van der Waals surface area contributed by atoms with Gasteiger partial charge in [0.1, 0.15) is 11.0 Å². The first-order chi connectivity index (χ1) is 12.4. The number of hydrogen-bond donors (Lipinski definition) is 1. The van der Waals surface area contributed by atoms with Gasteiger partial charge in [-0.25, -0.2) is 18.1 Å². The summed E-state index contributed by atoms with van der Waals surface area (Å²) >= 11 is 0. The van der Waals surface area contributed by atoms with Crippen LogP contribution >= 0.6 is 0 Å². The Hall–Kier alpha value is -2.00. The average Bonchev–Trinajstić information content (AvgIpc) is 2.91. The van der Waals surface area contributed by atoms with Crippen molar-refractivity contribution < 1.29 is 13.2 Å². The van der Waals surface area contributed by atoms with E-state index >= 15 is 0 Å². The first-order valence-corrected chi connectivity index (χ1v) is 10.4. The molecule has 1 saturated carbocycles. The van der Waals surface area contributed by atoms with Crippen molar-refractivity contribution in [3.8, 4) is 5.88 Å². The number of sulfonamides is 1. The third kappa shape index (κ3) is 4.04. The van der Waals surface area contributed by atoms with Crippen molar-refractivity contribution in [2.24, 2.45) is 0 Å². The molecular formula is C17H25N5O3S. The molecule has 1 aliphatic rings. The maximum absolute atomic E-state index is 12.8. The van der Waals surface area contributed by atoms with Gasteiger partial charge in [-0.15, -0.1) is 0 Å². The third-order valence-electron chi connectivity index (χ3n) is 4.71. The Bertz CT molecular complexity index is 843. The first kappa shape index (κ1) is 18.8. The zero-order valence-electron chi connectivity index (χ0n) is 15.3. The average molecular weight is 379 g/mol. The molecule has 0 saturated heterocycles. The lowest BCUT2D eigenvalue weighted by molar-refractivity contribution is 0.138. The molecule has 3 rings (SSSR count). The van der Waals surface area contributed by atoms with E-state index in [1.54, 1.807) is 37.1 Å². The number of aromatic nitrogens is 4. The molecule has 0 amide bonds. The number of nitrogens with zero attached hydrogens (tertiary/aromatic N) is 4. The molecule has 1 fully saturated rings. The van der Waals surface area contributed by atoms with Crippen molar-refractivity contribution in [3.05, 3.63) is 30.0 Å². The van der Waals surface area contributed by atoms with Crippen molar-refractivity contribution in [1.29, 1.82) is 0 Å². The maximum atomic E-state index is 12.8. The van der Waals surface area contributed by atoms with Gasteiger partial charge in [0, 0.05) is 25.0 Å². The van der Waals surface area contributed by atoms with Gasteiger partial charge < -0.3 is 4.74 Å². The summed E-state index contributed by atoms with van der Waals surface area (Å²) in [6.07, 6.45) is 7.82. The lowest BCUT2D eigenvalue weighted by Crippen LogP contribution is -2.40. The van der Waals surface area contributed by atoms with Gasteiger partial charge in [0.25, 0.3) is 0 Å². The smallest absolute Gasteiger partial charge is 0.244 e. The van der Waals surface area contributed by atoms with Crippen LogP contribution in [0.3, 0.4) is 0 Å². The molecule has 1 N–H and O–H groups in total. The van der Waals surface area contributed by atoms with Crippen LogP contribution in [-0.2, 0) is 16.6 Å². The maximum Gasteiger partial charge on any atom is 0.244 e. The van der Waals surface area contributed by atoms with E-state index in [0.29, 0.717) is 28.7 Å². The normalized spacial score (nSPS) is 20.9. The van der Waals surface area contributed by atoms with E-state index in [4.69, 9.17) is 4.74 Å². The molecule has 26 heavy (non-hydrogen) atoms. The van der Waals surface area contributed by atoms with Crippen LogP contribution in [0.5, 0.6) is 5.88 Å². The summed E-state index contributed by atoms with van der Waals surface area (Å²) in [5.74, 6) is 0.509. The lowest BCUT2D eigenvalue weighted by Gasteiger charge is -2.28. The van der Waals surface area contributed by atoms with Gasteiger partial charge in [-0.1, -0.05) is 0 Å². The summed E-state index contributed by atoms with van der Waals surface area (Å²) in [7, 11) is -3.58. The monoisotopic (exact) mass is 379 g/mol. The summed E-state index contributed by atoms with van der Waals surface area (Å²) in [5, 5.41) is 4.31. The number of aryl methyl sites for hydroxylation is 2. The molecule has 0 radical (unpaired) electrons. The zero-order chi connectivity index (χ0) is 18.7. The Kier molecular flexibility index (Phi) is 5.57. The minimum atomic E-state index is -3.58. The molecule has 0 unspecified atom stereocenters. The van der Waals surface area contributed by atoms with Crippen LogP contribution in [-0.4, -0.2) is 40.3 Å². The fourth-order valence-corrected chi connectivity index (χ4v) is 5.19. The van der Waals surface area contributed by atoms with Crippen molar-refractivity contribution in [3.63, 3.8) is 0 Å². The van der Waals surface area contributed by atoms with E-state index in [2.05, 4.69) is 19.8 Å². The van der Waals surface area contributed by atoms with Gasteiger partial charge in [-0.05, 0) is 46.5 Å². The highest BCUT2D eigenvalue weighted by Crippen LogP contribution is 2.25. The standard InChI is InChI=1S/C17H25N5O3S/c1-4-22-13(3)17(12(2)20-22)26(23,24)21-14-5-7-15(8-6-14)25-16-11-18-9-10-19-16/h9-11,14-15,21H,4-8H2,1-3H3. The lowest BCUT2D eigenvalue weighted by atomic mass is 9.94. The Morgan fingerprint density at radius 3 is 2.54 bits per heavy atom. The fraction of sp³-hybridized carbons (Fsp3) is 0.588. The molecule has 1 aliphatic carbocycles. The molecule has 2 aromatic heterocycles. The van der Waals surface area contributed by atoms with Gasteiger partial charge >= 0.3 is 0 Å². The molecule has 0 spiro atoms. The van der Waals surface area contributed by atoms with Crippen molar-refractivity contribution in [2.45, 2.75) is 70.0 Å². The predicted octanol–water partition coefficient (Wildman–Crippen LogP) is 1.98. The largest absolute Gasteiger partial charge is 0.473 e. The number of hydrogen-bond acceptors (Lipinski definition) is 6. The highest BCUT2D eigenvalue weighted by molar-refractivity contribution is 7.89. The number of rotatable bonds is 6. The van der Waals surface area contributed by atoms with E-state index < -0.39 is 10.0 Å². The van der Waals surface area contributed by atoms with Gasteiger partial charge in [0.15, 0.2) is 0 Å². The van der Waals surface area contributed by atoms with Gasteiger partial charge in [-0.3, -0.25) is 9.67 Å². The van der Waals surface area contributed by atoms with Crippen LogP contribution in [0.1, 0.15) is 44.0 Å². The molecule has 2 aromatic rings. The van der Waals surface area contributed by atoms with Crippen LogP contribution < -0.4 is 9.46 Å². The topological polar surface area (TPSA) is 99.0 Å². The molecule has 0 bridgehead atoms. The molecule has 2 heterocycles. The van der Waals surface area contributed by atoms with Gasteiger partial charge in [0.05, 0.1) is 17.6 Å². The van der Waals surface area contributed by atoms with Crippen LogP contribution in [0.4, 0.5) is 0 Å². The van der Waals surface area contributed by atoms with Crippen molar-refractivity contribution >= 4 is 10.0 Å². The first-order valence-electron chi connectivity index (χ1n) is 8.89. The third-order valence-corrected chi connectivity index (χ3v) is 6.48. The van der Waals surface area contributed by atoms with Crippen LogP contribution in [0.15, 0.2) is 23.5 Å². The number of ether oxygens (including phenoxy) is 1. The van der Waals surface area contributed by atoms with Gasteiger partial charge in [-0.2, -0.15) is 5.10 Å². The summed E-state index contributed by atoms with van der Waals surface area (Å²) in [6.45, 7) is 6.12. The predicted molar refractivity (Wildman–Crippen MR) is 96.4 cm³/mol. The van der Waals surface area contributed by atoms with Crippen LogP contribution in [0.2, 0.25) is 0 Å². The molecule has 9 heteroatoms. The number of nitrogens with one attached hydrogen (secondary N) is 1. The van der Waals surface area contributed by atoms with Crippen LogP contribution in [0, 0.1) is 13.8 Å². The zero-order valence-corrected chi connectivity index (χ0v) is 16.2. The second kappa shape index (κ2) is 7.71. The van der Waals surface area contributed by atoms with E-state index in [1.165, 1.54) is 0 Å². The fourth-order valence-electron chi connectivity index (χ4n) is 3.47. The van der Waals surface area contributed by atoms with E-state index in [0.717, 1.165) is 25.7 Å². The van der Waals surface area contributed by atoms with E-state index in [1.807, 2.05) is 6.92 Å². The second-order valence-electron chi connectivity index (χ2n) is 6.57. The molecule has 8 nitrogen and oxygen atoms in total. The van der Waals surface area contributed by atoms with Crippen LogP contribution in [0.25, 0.3) is 0 Å². The van der Waals surface area contributed by atoms with E-state index in [9.17, 15) is 8.42 Å². The van der Waals surface area contributed by atoms with Crippen molar-refractivity contribution in [2.75, 3.05) is 0 Å². The Labute approximate surface area is 154 Å². The Balaban J connectivity index is 1.61. The molecule has 0 atom stereocenters. The van der Waals surface area contributed by atoms with Crippen molar-refractivity contribution in [1.82, 2.24) is 24.5 Å². The SMILES string of the molecule is CCn1nc(C)c(S(=O)(=O)NC2CCC(Oc3cnccn3)CC2)c1C. The Morgan fingerprint density at radius 1 is 1.23 bits per heavy atom. The summed E-state index contributed by atoms with van der Waals surface area (Å²) < 4.78 is 36.0. The summed E-state index contributed by atoms with van der Waals surface area (Å²) in [5.41, 5.74) is 1.22. The van der Waals surface area contributed by atoms with E-state index in [-0.39, 0.29) is 12.1 Å². The summed E-state index contributed by atoms with van der Waals surface area (Å²) in [6, 6.07) is -0.0921. The Morgan fingerprint density at radius 2 is 1.96 bits per heavy atom.